The Morgan fingerprint density at radius 3 is 3.07 bits per heavy atom. The molecule has 2 rings (SSSR count). The lowest BCUT2D eigenvalue weighted by Gasteiger charge is -2.26. The van der Waals surface area contributed by atoms with E-state index in [-0.39, 0.29) is 5.91 Å². The Hall–Kier alpha value is -1.09. The molecule has 1 fully saturated rings. The third-order valence-corrected chi connectivity index (χ3v) is 2.53. The number of rotatable bonds is 1. The molecule has 14 heavy (non-hydrogen) atoms. The maximum absolute atomic E-state index is 11.5. The molecule has 2 heterocycles. The second kappa shape index (κ2) is 3.96. The van der Waals surface area contributed by atoms with Crippen molar-refractivity contribution >= 4 is 23.2 Å². The summed E-state index contributed by atoms with van der Waals surface area (Å²) in [6.45, 7) is 0.723. The molecule has 1 aliphatic heterocycles. The number of halogens is 1. The summed E-state index contributed by atoms with van der Waals surface area (Å²) in [6.07, 6.45) is 6.76. The number of hydrogen-bond acceptors (Lipinski definition) is 2. The van der Waals surface area contributed by atoms with E-state index in [9.17, 15) is 4.79 Å². The van der Waals surface area contributed by atoms with Crippen LogP contribution in [0.4, 0.5) is 5.69 Å². The minimum Gasteiger partial charge on any atom is -0.309 e. The predicted molar refractivity (Wildman–Crippen MR) is 55.1 cm³/mol. The number of piperidine rings is 1. The maximum Gasteiger partial charge on any atom is 0.230 e. The fraction of sp³-hybridized carbons (Fsp3) is 0.300. The highest BCUT2D eigenvalue weighted by atomic mass is 35.5. The van der Waals surface area contributed by atoms with Crippen molar-refractivity contribution in [3.05, 3.63) is 29.9 Å². The van der Waals surface area contributed by atoms with Gasteiger partial charge in [-0.25, -0.2) is 0 Å². The first kappa shape index (κ1) is 9.46. The summed E-state index contributed by atoms with van der Waals surface area (Å²) in [5.74, 6) is 0.0196. The molecule has 0 bridgehead atoms. The number of hydrogen-bond donors (Lipinski definition) is 0. The van der Waals surface area contributed by atoms with Gasteiger partial charge >= 0.3 is 0 Å². The quantitative estimate of drug-likeness (QED) is 0.710. The second-order valence-electron chi connectivity index (χ2n) is 3.16. The van der Waals surface area contributed by atoms with E-state index in [1.54, 1.807) is 29.8 Å². The third kappa shape index (κ3) is 1.73. The maximum atomic E-state index is 11.5. The minimum absolute atomic E-state index is 0.0196. The molecule has 3 nitrogen and oxygen atoms in total. The molecule has 73 valence electrons. The van der Waals surface area contributed by atoms with Gasteiger partial charge in [0.15, 0.2) is 0 Å². The van der Waals surface area contributed by atoms with Crippen molar-refractivity contribution in [1.29, 1.82) is 0 Å². The molecule has 0 saturated carbocycles. The van der Waals surface area contributed by atoms with Crippen LogP contribution in [0.1, 0.15) is 12.8 Å². The Bertz CT molecular complexity index is 354. The largest absolute Gasteiger partial charge is 0.309 e. The molecule has 0 unspecified atom stereocenters. The highest BCUT2D eigenvalue weighted by molar-refractivity contribution is 6.33. The van der Waals surface area contributed by atoms with Gasteiger partial charge in [0.25, 0.3) is 0 Å². The minimum atomic E-state index is 0.0196. The zero-order valence-electron chi connectivity index (χ0n) is 7.61. The number of aromatic nitrogens is 1. The van der Waals surface area contributed by atoms with Crippen LogP contribution in [0.15, 0.2) is 18.5 Å². The lowest BCUT2D eigenvalue weighted by molar-refractivity contribution is -0.116. The fourth-order valence-electron chi connectivity index (χ4n) is 1.50. The van der Waals surface area contributed by atoms with Gasteiger partial charge in [-0.3, -0.25) is 9.78 Å². The number of pyridine rings is 1. The van der Waals surface area contributed by atoms with Crippen molar-refractivity contribution in [1.82, 2.24) is 4.98 Å². The van der Waals surface area contributed by atoms with E-state index in [4.69, 9.17) is 11.6 Å². The lowest BCUT2D eigenvalue weighted by Crippen LogP contribution is -2.35. The van der Waals surface area contributed by atoms with Crippen molar-refractivity contribution < 1.29 is 4.79 Å². The van der Waals surface area contributed by atoms with Crippen LogP contribution in [-0.4, -0.2) is 17.4 Å². The van der Waals surface area contributed by atoms with Crippen LogP contribution in [0.2, 0.25) is 5.02 Å². The summed E-state index contributed by atoms with van der Waals surface area (Å²) in [7, 11) is 0. The zero-order chi connectivity index (χ0) is 9.97. The number of carbonyl (C=O) groups is 1. The molecule has 1 radical (unpaired) electrons. The topological polar surface area (TPSA) is 33.2 Å². The number of anilines is 1. The van der Waals surface area contributed by atoms with Crippen molar-refractivity contribution in [2.45, 2.75) is 12.8 Å². The van der Waals surface area contributed by atoms with Gasteiger partial charge in [-0.15, -0.1) is 0 Å². The monoisotopic (exact) mass is 209 g/mol. The number of carbonyl (C=O) groups excluding carboxylic acids is 1. The molecule has 4 heteroatoms. The Labute approximate surface area is 87.7 Å². The van der Waals surface area contributed by atoms with Gasteiger partial charge in [-0.2, -0.15) is 0 Å². The van der Waals surface area contributed by atoms with Crippen LogP contribution in [-0.2, 0) is 4.79 Å². The Kier molecular flexibility index (Phi) is 2.68. The summed E-state index contributed by atoms with van der Waals surface area (Å²) in [6, 6.07) is 1.69. The molecule has 0 spiro atoms. The van der Waals surface area contributed by atoms with Gasteiger partial charge in [0.05, 0.1) is 23.3 Å². The van der Waals surface area contributed by atoms with Crippen molar-refractivity contribution in [3.8, 4) is 0 Å². The fourth-order valence-corrected chi connectivity index (χ4v) is 1.71. The van der Waals surface area contributed by atoms with Gasteiger partial charge in [-0.1, -0.05) is 11.6 Å². The van der Waals surface area contributed by atoms with Crippen LogP contribution in [0.3, 0.4) is 0 Å². The molecule has 0 atom stereocenters. The Balaban J connectivity index is 2.29. The molecule has 1 amide bonds. The first-order valence-electron chi connectivity index (χ1n) is 4.53. The van der Waals surface area contributed by atoms with E-state index >= 15 is 0 Å². The summed E-state index contributed by atoms with van der Waals surface area (Å²) >= 11 is 5.98. The second-order valence-corrected chi connectivity index (χ2v) is 3.57. The smallest absolute Gasteiger partial charge is 0.230 e. The third-order valence-electron chi connectivity index (χ3n) is 2.21. The van der Waals surface area contributed by atoms with Gasteiger partial charge < -0.3 is 4.90 Å². The molecule has 0 aromatic carbocycles. The van der Waals surface area contributed by atoms with E-state index in [0.29, 0.717) is 10.7 Å². The molecule has 1 aromatic heterocycles. The van der Waals surface area contributed by atoms with Gasteiger partial charge in [-0.05, 0) is 18.9 Å². The first-order chi connectivity index (χ1) is 6.79. The first-order valence-corrected chi connectivity index (χ1v) is 4.91. The summed E-state index contributed by atoms with van der Waals surface area (Å²) in [5.41, 5.74) is 0.704. The SMILES string of the molecule is O=C1[CH]CCCN1c1cnccc1Cl. The number of nitrogens with zero attached hydrogens (tertiary/aromatic N) is 2. The molecule has 1 aliphatic rings. The highest BCUT2D eigenvalue weighted by Gasteiger charge is 2.21. The van der Waals surface area contributed by atoms with Crippen LogP contribution < -0.4 is 4.90 Å². The van der Waals surface area contributed by atoms with E-state index in [1.807, 2.05) is 0 Å². The standard InChI is InChI=1S/C10H10ClN2O/c11-8-4-5-12-7-9(8)13-6-2-1-3-10(13)14/h3-5,7H,1-2,6H2. The summed E-state index contributed by atoms with van der Waals surface area (Å²) in [5, 5.41) is 0.573. The summed E-state index contributed by atoms with van der Waals surface area (Å²) < 4.78 is 0. The van der Waals surface area contributed by atoms with Crippen molar-refractivity contribution in [2.24, 2.45) is 0 Å². The molecule has 1 aromatic rings. The normalized spacial score (nSPS) is 17.2. The zero-order valence-corrected chi connectivity index (χ0v) is 8.37. The molecular weight excluding hydrogens is 200 g/mol. The van der Waals surface area contributed by atoms with E-state index in [0.717, 1.165) is 19.4 Å². The highest BCUT2D eigenvalue weighted by Crippen LogP contribution is 2.26. The van der Waals surface area contributed by atoms with E-state index < -0.39 is 0 Å². The lowest BCUT2D eigenvalue weighted by atomic mass is 10.1. The van der Waals surface area contributed by atoms with Gasteiger partial charge in [0.2, 0.25) is 5.91 Å². The van der Waals surface area contributed by atoms with Crippen molar-refractivity contribution in [3.63, 3.8) is 0 Å². The molecule has 0 aliphatic carbocycles. The van der Waals surface area contributed by atoms with Crippen LogP contribution in [0.25, 0.3) is 0 Å². The van der Waals surface area contributed by atoms with Crippen LogP contribution in [0.5, 0.6) is 0 Å². The molecular formula is C10H10ClN2O. The van der Waals surface area contributed by atoms with Crippen LogP contribution >= 0.6 is 11.6 Å². The van der Waals surface area contributed by atoms with E-state index in [2.05, 4.69) is 4.98 Å². The Morgan fingerprint density at radius 1 is 1.50 bits per heavy atom. The average Bonchev–Trinajstić information content (AvgIpc) is 2.20. The Morgan fingerprint density at radius 2 is 2.36 bits per heavy atom. The van der Waals surface area contributed by atoms with Gasteiger partial charge in [0.1, 0.15) is 0 Å². The predicted octanol–water partition coefficient (Wildman–Crippen LogP) is 2.07. The van der Waals surface area contributed by atoms with E-state index in [1.165, 1.54) is 0 Å². The molecule has 0 N–H and O–H groups in total. The van der Waals surface area contributed by atoms with Crippen LogP contribution in [0, 0.1) is 6.42 Å². The number of amides is 1. The van der Waals surface area contributed by atoms with Crippen molar-refractivity contribution in [2.75, 3.05) is 11.4 Å². The molecule has 1 saturated heterocycles. The average molecular weight is 210 g/mol. The van der Waals surface area contributed by atoms with Gasteiger partial charge in [0, 0.05) is 12.7 Å². The summed E-state index contributed by atoms with van der Waals surface area (Å²) in [4.78, 5) is 17.2.